The fourth-order valence-electron chi connectivity index (χ4n) is 1.72. The van der Waals surface area contributed by atoms with E-state index in [0.717, 1.165) is 23.7 Å². The van der Waals surface area contributed by atoms with Crippen molar-refractivity contribution in [3.05, 3.63) is 30.0 Å². The van der Waals surface area contributed by atoms with Crippen LogP contribution in [0, 0.1) is 5.92 Å². The zero-order valence-electron chi connectivity index (χ0n) is 8.97. The summed E-state index contributed by atoms with van der Waals surface area (Å²) in [5, 5.41) is 5.24. The van der Waals surface area contributed by atoms with E-state index in [4.69, 9.17) is 0 Å². The number of aldehydes is 1. The van der Waals surface area contributed by atoms with Gasteiger partial charge in [0.15, 0.2) is 6.29 Å². The Morgan fingerprint density at radius 3 is 2.93 bits per heavy atom. The number of benzene rings is 1. The molecule has 0 N–H and O–H groups in total. The molecule has 0 bridgehead atoms. The second-order valence-corrected chi connectivity index (χ2v) is 4.12. The van der Waals surface area contributed by atoms with Gasteiger partial charge in [-0.2, -0.15) is 5.10 Å². The maximum Gasteiger partial charge on any atom is 0.150 e. The molecule has 78 valence electrons. The number of hydrogen-bond donors (Lipinski definition) is 0. The highest BCUT2D eigenvalue weighted by molar-refractivity contribution is 5.96. The van der Waals surface area contributed by atoms with Gasteiger partial charge in [0.1, 0.15) is 0 Å². The van der Waals surface area contributed by atoms with Crippen molar-refractivity contribution in [3.63, 3.8) is 0 Å². The van der Waals surface area contributed by atoms with Gasteiger partial charge in [-0.3, -0.25) is 9.48 Å². The van der Waals surface area contributed by atoms with Crippen LogP contribution in [0.1, 0.15) is 24.2 Å². The summed E-state index contributed by atoms with van der Waals surface area (Å²) < 4.78 is 1.95. The van der Waals surface area contributed by atoms with Crippen LogP contribution in [-0.4, -0.2) is 16.1 Å². The number of aromatic nitrogens is 2. The van der Waals surface area contributed by atoms with E-state index in [1.54, 1.807) is 6.20 Å². The van der Waals surface area contributed by atoms with Crippen LogP contribution in [-0.2, 0) is 6.54 Å². The average molecular weight is 202 g/mol. The van der Waals surface area contributed by atoms with Crippen molar-refractivity contribution in [2.45, 2.75) is 20.4 Å². The Kier molecular flexibility index (Phi) is 2.54. The second-order valence-electron chi connectivity index (χ2n) is 4.12. The molecule has 1 aromatic carbocycles. The number of rotatable bonds is 3. The first-order valence-electron chi connectivity index (χ1n) is 5.12. The average Bonchev–Trinajstić information content (AvgIpc) is 2.61. The summed E-state index contributed by atoms with van der Waals surface area (Å²) >= 11 is 0. The minimum absolute atomic E-state index is 0.549. The quantitative estimate of drug-likeness (QED) is 0.717. The van der Waals surface area contributed by atoms with Gasteiger partial charge < -0.3 is 0 Å². The first kappa shape index (κ1) is 9.90. The number of carbonyl (C=O) groups excluding carboxylic acids is 1. The van der Waals surface area contributed by atoms with Gasteiger partial charge in [-0.05, 0) is 12.0 Å². The van der Waals surface area contributed by atoms with Crippen LogP contribution in [0.15, 0.2) is 24.4 Å². The number of carbonyl (C=O) groups is 1. The van der Waals surface area contributed by atoms with Gasteiger partial charge in [0.05, 0.1) is 11.7 Å². The summed E-state index contributed by atoms with van der Waals surface area (Å²) in [6.07, 6.45) is 2.64. The summed E-state index contributed by atoms with van der Waals surface area (Å²) in [7, 11) is 0. The van der Waals surface area contributed by atoms with Crippen LogP contribution in [0.3, 0.4) is 0 Å². The van der Waals surface area contributed by atoms with Crippen molar-refractivity contribution in [1.29, 1.82) is 0 Å². The zero-order chi connectivity index (χ0) is 10.8. The largest absolute Gasteiger partial charge is 0.298 e. The van der Waals surface area contributed by atoms with Crippen molar-refractivity contribution in [2.24, 2.45) is 5.92 Å². The molecule has 0 radical (unpaired) electrons. The van der Waals surface area contributed by atoms with Crippen LogP contribution < -0.4 is 0 Å². The maximum atomic E-state index is 10.8. The Bertz CT molecular complexity index is 485. The summed E-state index contributed by atoms with van der Waals surface area (Å²) in [6, 6.07) is 5.71. The van der Waals surface area contributed by atoms with Gasteiger partial charge in [0.25, 0.3) is 0 Å². The number of nitrogens with zero attached hydrogens (tertiary/aromatic N) is 2. The van der Waals surface area contributed by atoms with Crippen LogP contribution in [0.25, 0.3) is 10.9 Å². The highest BCUT2D eigenvalue weighted by Gasteiger charge is 2.06. The molecule has 1 aromatic heterocycles. The monoisotopic (exact) mass is 202 g/mol. The summed E-state index contributed by atoms with van der Waals surface area (Å²) in [4.78, 5) is 10.8. The predicted molar refractivity (Wildman–Crippen MR) is 60.0 cm³/mol. The fraction of sp³-hybridized carbons (Fsp3) is 0.333. The van der Waals surface area contributed by atoms with E-state index >= 15 is 0 Å². The number of fused-ring (bicyclic) bond motifs is 1. The first-order valence-corrected chi connectivity index (χ1v) is 5.12. The molecule has 0 unspecified atom stereocenters. The normalized spacial score (nSPS) is 11.1. The Hall–Kier alpha value is -1.64. The highest BCUT2D eigenvalue weighted by Crippen LogP contribution is 2.17. The smallest absolute Gasteiger partial charge is 0.150 e. The van der Waals surface area contributed by atoms with E-state index in [-0.39, 0.29) is 0 Å². The molecular weight excluding hydrogens is 188 g/mol. The van der Waals surface area contributed by atoms with E-state index in [2.05, 4.69) is 18.9 Å². The van der Waals surface area contributed by atoms with E-state index in [9.17, 15) is 4.79 Å². The second kappa shape index (κ2) is 3.85. The van der Waals surface area contributed by atoms with Crippen LogP contribution in [0.5, 0.6) is 0 Å². The summed E-state index contributed by atoms with van der Waals surface area (Å²) in [5.74, 6) is 0.549. The molecule has 0 saturated carbocycles. The molecule has 15 heavy (non-hydrogen) atoms. The van der Waals surface area contributed by atoms with Crippen molar-refractivity contribution in [3.8, 4) is 0 Å². The molecule has 3 nitrogen and oxygen atoms in total. The van der Waals surface area contributed by atoms with E-state index in [0.29, 0.717) is 11.5 Å². The molecule has 0 atom stereocenters. The third-order valence-corrected chi connectivity index (χ3v) is 2.39. The minimum atomic E-state index is 0.549. The molecule has 2 rings (SSSR count). The SMILES string of the molecule is CC(C)Cn1ncc2c(C=O)cccc21. The summed E-state index contributed by atoms with van der Waals surface area (Å²) in [6.45, 7) is 5.18. The lowest BCUT2D eigenvalue weighted by molar-refractivity contribution is 0.112. The molecule has 0 aliphatic carbocycles. The first-order chi connectivity index (χ1) is 7.22. The molecule has 3 heteroatoms. The van der Waals surface area contributed by atoms with Gasteiger partial charge in [-0.15, -0.1) is 0 Å². The standard InChI is InChI=1S/C12H14N2O/c1-9(2)7-14-12-5-3-4-10(8-15)11(12)6-13-14/h3-6,8-9H,7H2,1-2H3. The molecular formula is C12H14N2O. The summed E-state index contributed by atoms with van der Waals surface area (Å²) in [5.41, 5.74) is 1.75. The molecule has 0 saturated heterocycles. The lowest BCUT2D eigenvalue weighted by Crippen LogP contribution is -2.05. The molecule has 0 fully saturated rings. The third-order valence-electron chi connectivity index (χ3n) is 2.39. The molecule has 0 spiro atoms. The van der Waals surface area contributed by atoms with E-state index in [1.807, 2.05) is 22.9 Å². The van der Waals surface area contributed by atoms with Crippen LogP contribution >= 0.6 is 0 Å². The maximum absolute atomic E-state index is 10.8. The lowest BCUT2D eigenvalue weighted by Gasteiger charge is -2.06. The third kappa shape index (κ3) is 1.77. The molecule has 0 amide bonds. The molecule has 2 aromatic rings. The topological polar surface area (TPSA) is 34.9 Å². The van der Waals surface area contributed by atoms with Crippen molar-refractivity contribution in [1.82, 2.24) is 9.78 Å². The predicted octanol–water partition coefficient (Wildman–Crippen LogP) is 2.50. The highest BCUT2D eigenvalue weighted by atomic mass is 16.1. The minimum Gasteiger partial charge on any atom is -0.298 e. The Morgan fingerprint density at radius 1 is 1.47 bits per heavy atom. The Labute approximate surface area is 88.7 Å². The Balaban J connectivity index is 2.55. The van der Waals surface area contributed by atoms with Crippen molar-refractivity contribution < 1.29 is 4.79 Å². The van der Waals surface area contributed by atoms with Gasteiger partial charge >= 0.3 is 0 Å². The lowest BCUT2D eigenvalue weighted by atomic mass is 10.1. The Morgan fingerprint density at radius 2 is 2.27 bits per heavy atom. The number of hydrogen-bond acceptors (Lipinski definition) is 2. The van der Waals surface area contributed by atoms with Gasteiger partial charge in [0, 0.05) is 17.5 Å². The molecule has 0 aliphatic rings. The molecule has 0 aliphatic heterocycles. The van der Waals surface area contributed by atoms with E-state index < -0.39 is 0 Å². The van der Waals surface area contributed by atoms with Crippen LogP contribution in [0.2, 0.25) is 0 Å². The van der Waals surface area contributed by atoms with Gasteiger partial charge in [0.2, 0.25) is 0 Å². The van der Waals surface area contributed by atoms with Crippen molar-refractivity contribution in [2.75, 3.05) is 0 Å². The van der Waals surface area contributed by atoms with Crippen molar-refractivity contribution >= 4 is 17.2 Å². The van der Waals surface area contributed by atoms with Gasteiger partial charge in [-0.1, -0.05) is 26.0 Å². The van der Waals surface area contributed by atoms with Gasteiger partial charge in [-0.25, -0.2) is 0 Å². The molecule has 1 heterocycles. The zero-order valence-corrected chi connectivity index (χ0v) is 8.97. The van der Waals surface area contributed by atoms with Crippen LogP contribution in [0.4, 0.5) is 0 Å². The fourth-order valence-corrected chi connectivity index (χ4v) is 1.72. The van der Waals surface area contributed by atoms with E-state index in [1.165, 1.54) is 0 Å².